The van der Waals surface area contributed by atoms with Gasteiger partial charge in [-0.3, -0.25) is 4.79 Å². The van der Waals surface area contributed by atoms with Gasteiger partial charge in [0, 0.05) is 18.7 Å². The van der Waals surface area contributed by atoms with Gasteiger partial charge in [-0.15, -0.1) is 0 Å². The number of carbonyl (C=O) groups is 1. The van der Waals surface area contributed by atoms with Crippen LogP contribution in [0.5, 0.6) is 5.75 Å². The molecule has 0 spiro atoms. The second kappa shape index (κ2) is 5.38. The Morgan fingerprint density at radius 1 is 1.53 bits per heavy atom. The molecule has 0 fully saturated rings. The van der Waals surface area contributed by atoms with Crippen LogP contribution in [0.15, 0.2) is 22.7 Å². The Bertz CT molecular complexity index is 594. The number of aryl methyl sites for hydroxylation is 1. The van der Waals surface area contributed by atoms with E-state index in [2.05, 4.69) is 15.5 Å². The first-order chi connectivity index (χ1) is 9.10. The van der Waals surface area contributed by atoms with Gasteiger partial charge in [0.1, 0.15) is 5.75 Å². The average Bonchev–Trinajstić information content (AvgIpc) is 2.81. The fraction of sp³-hybridized carbons (Fsp3) is 0.250. The molecule has 0 saturated heterocycles. The molecular weight excluding hydrogens is 248 g/mol. The molecule has 0 aliphatic heterocycles. The third-order valence-corrected chi connectivity index (χ3v) is 2.48. The Kier molecular flexibility index (Phi) is 3.65. The number of benzene rings is 1. The monoisotopic (exact) mass is 262 g/mol. The molecule has 1 heterocycles. The maximum atomic E-state index is 11.9. The summed E-state index contributed by atoms with van der Waals surface area (Å²) in [5, 5.41) is 6.34. The first kappa shape index (κ1) is 12.9. The molecule has 1 aromatic heterocycles. The minimum absolute atomic E-state index is 0.182. The van der Waals surface area contributed by atoms with Crippen molar-refractivity contribution in [2.24, 2.45) is 0 Å². The summed E-state index contributed by atoms with van der Waals surface area (Å²) in [7, 11) is 1.53. The molecule has 0 aliphatic rings. The third kappa shape index (κ3) is 3.01. The van der Waals surface area contributed by atoms with Crippen LogP contribution in [0.25, 0.3) is 0 Å². The summed E-state index contributed by atoms with van der Waals surface area (Å²) in [6, 6.07) is 4.86. The van der Waals surface area contributed by atoms with Gasteiger partial charge in [-0.25, -0.2) is 0 Å². The van der Waals surface area contributed by atoms with Crippen molar-refractivity contribution >= 4 is 11.6 Å². The van der Waals surface area contributed by atoms with Gasteiger partial charge in [0.15, 0.2) is 5.82 Å². The van der Waals surface area contributed by atoms with Gasteiger partial charge in [-0.1, -0.05) is 5.16 Å². The Labute approximate surface area is 109 Å². The lowest BCUT2D eigenvalue weighted by Gasteiger charge is -2.07. The number of nitrogens with two attached hydrogens (primary N) is 1. The van der Waals surface area contributed by atoms with Crippen LogP contribution in [0.2, 0.25) is 0 Å². The zero-order valence-electron chi connectivity index (χ0n) is 10.6. The SMILES string of the molecule is COc1ccc(C(=O)NCc2noc(C)n2)c(N)c1. The summed E-state index contributed by atoms with van der Waals surface area (Å²) in [4.78, 5) is 15.9. The Balaban J connectivity index is 2.03. The van der Waals surface area contributed by atoms with E-state index in [4.69, 9.17) is 15.0 Å². The topological polar surface area (TPSA) is 103 Å². The van der Waals surface area contributed by atoms with E-state index in [-0.39, 0.29) is 12.5 Å². The molecule has 0 radical (unpaired) electrons. The number of amides is 1. The van der Waals surface area contributed by atoms with Crippen molar-refractivity contribution < 1.29 is 14.1 Å². The predicted molar refractivity (Wildman–Crippen MR) is 67.6 cm³/mol. The highest BCUT2D eigenvalue weighted by molar-refractivity contribution is 5.99. The van der Waals surface area contributed by atoms with Crippen LogP contribution in [-0.2, 0) is 6.54 Å². The average molecular weight is 262 g/mol. The molecule has 0 aliphatic carbocycles. The number of nitrogens with one attached hydrogen (secondary N) is 1. The van der Waals surface area contributed by atoms with Crippen LogP contribution in [-0.4, -0.2) is 23.2 Å². The van der Waals surface area contributed by atoms with Gasteiger partial charge in [0.05, 0.1) is 19.2 Å². The lowest BCUT2D eigenvalue weighted by atomic mass is 10.1. The summed E-state index contributed by atoms with van der Waals surface area (Å²) in [5.41, 5.74) is 6.50. The van der Waals surface area contributed by atoms with Crippen LogP contribution in [0.1, 0.15) is 22.1 Å². The molecule has 1 aromatic carbocycles. The van der Waals surface area contributed by atoms with Crippen LogP contribution in [0, 0.1) is 6.92 Å². The smallest absolute Gasteiger partial charge is 0.253 e. The number of hydrogen-bond acceptors (Lipinski definition) is 6. The van der Waals surface area contributed by atoms with Crippen molar-refractivity contribution in [3.8, 4) is 5.75 Å². The first-order valence-corrected chi connectivity index (χ1v) is 5.61. The molecule has 3 N–H and O–H groups in total. The molecule has 100 valence electrons. The van der Waals surface area contributed by atoms with Crippen molar-refractivity contribution in [1.82, 2.24) is 15.5 Å². The third-order valence-electron chi connectivity index (χ3n) is 2.48. The molecule has 0 atom stereocenters. The predicted octanol–water partition coefficient (Wildman–Crippen LogP) is 0.899. The number of methoxy groups -OCH3 is 1. The standard InChI is InChI=1S/C12H14N4O3/c1-7-15-11(16-19-7)6-14-12(17)9-4-3-8(18-2)5-10(9)13/h3-5H,6,13H2,1-2H3,(H,14,17). The number of hydrogen-bond donors (Lipinski definition) is 2. The normalized spacial score (nSPS) is 10.2. The van der Waals surface area contributed by atoms with Gasteiger partial charge in [0.25, 0.3) is 5.91 Å². The molecule has 0 saturated carbocycles. The Hall–Kier alpha value is -2.57. The van der Waals surface area contributed by atoms with E-state index in [0.29, 0.717) is 28.7 Å². The number of anilines is 1. The van der Waals surface area contributed by atoms with Crippen molar-refractivity contribution in [1.29, 1.82) is 0 Å². The number of carbonyl (C=O) groups excluding carboxylic acids is 1. The molecule has 2 aromatic rings. The van der Waals surface area contributed by atoms with E-state index in [1.165, 1.54) is 7.11 Å². The van der Waals surface area contributed by atoms with Crippen LogP contribution < -0.4 is 15.8 Å². The Morgan fingerprint density at radius 3 is 2.89 bits per heavy atom. The highest BCUT2D eigenvalue weighted by Gasteiger charge is 2.11. The maximum absolute atomic E-state index is 11.9. The lowest BCUT2D eigenvalue weighted by molar-refractivity contribution is 0.0950. The zero-order chi connectivity index (χ0) is 13.8. The molecule has 2 rings (SSSR count). The van der Waals surface area contributed by atoms with E-state index in [9.17, 15) is 4.79 Å². The maximum Gasteiger partial charge on any atom is 0.253 e. The summed E-state index contributed by atoms with van der Waals surface area (Å²) in [6.07, 6.45) is 0. The number of nitrogens with zero attached hydrogens (tertiary/aromatic N) is 2. The quantitative estimate of drug-likeness (QED) is 0.793. The van der Waals surface area contributed by atoms with Crippen molar-refractivity contribution in [2.45, 2.75) is 13.5 Å². The minimum atomic E-state index is -0.303. The van der Waals surface area contributed by atoms with E-state index in [1.807, 2.05) is 0 Å². The molecule has 19 heavy (non-hydrogen) atoms. The summed E-state index contributed by atoms with van der Waals surface area (Å²) < 4.78 is 9.82. The molecule has 7 nitrogen and oxygen atoms in total. The van der Waals surface area contributed by atoms with E-state index >= 15 is 0 Å². The second-order valence-corrected chi connectivity index (χ2v) is 3.87. The van der Waals surface area contributed by atoms with Crippen LogP contribution in [0.4, 0.5) is 5.69 Å². The highest BCUT2D eigenvalue weighted by atomic mass is 16.5. The van der Waals surface area contributed by atoms with Gasteiger partial charge in [0.2, 0.25) is 5.89 Å². The molecule has 7 heteroatoms. The largest absolute Gasteiger partial charge is 0.497 e. The van der Waals surface area contributed by atoms with Crippen LogP contribution >= 0.6 is 0 Å². The highest BCUT2D eigenvalue weighted by Crippen LogP contribution is 2.19. The van der Waals surface area contributed by atoms with Gasteiger partial charge in [-0.05, 0) is 12.1 Å². The van der Waals surface area contributed by atoms with Gasteiger partial charge >= 0.3 is 0 Å². The molecule has 0 bridgehead atoms. The van der Waals surface area contributed by atoms with Crippen molar-refractivity contribution in [3.63, 3.8) is 0 Å². The van der Waals surface area contributed by atoms with Crippen LogP contribution in [0.3, 0.4) is 0 Å². The fourth-order valence-electron chi connectivity index (χ4n) is 1.54. The van der Waals surface area contributed by atoms with E-state index < -0.39 is 0 Å². The van der Waals surface area contributed by atoms with Crippen molar-refractivity contribution in [3.05, 3.63) is 35.5 Å². The molecular formula is C12H14N4O3. The fourth-order valence-corrected chi connectivity index (χ4v) is 1.54. The number of rotatable bonds is 4. The number of aromatic nitrogens is 2. The second-order valence-electron chi connectivity index (χ2n) is 3.87. The first-order valence-electron chi connectivity index (χ1n) is 5.61. The summed E-state index contributed by atoms with van der Waals surface area (Å²) in [6.45, 7) is 1.86. The minimum Gasteiger partial charge on any atom is -0.497 e. The molecule has 0 unspecified atom stereocenters. The Morgan fingerprint density at radius 2 is 2.32 bits per heavy atom. The van der Waals surface area contributed by atoms with Crippen molar-refractivity contribution in [2.75, 3.05) is 12.8 Å². The molecule has 1 amide bonds. The lowest BCUT2D eigenvalue weighted by Crippen LogP contribution is -2.24. The number of nitrogen functional groups attached to an aromatic ring is 1. The van der Waals surface area contributed by atoms with E-state index in [0.717, 1.165) is 0 Å². The van der Waals surface area contributed by atoms with Gasteiger partial charge in [-0.2, -0.15) is 4.98 Å². The number of ether oxygens (including phenoxy) is 1. The summed E-state index contributed by atoms with van der Waals surface area (Å²) >= 11 is 0. The van der Waals surface area contributed by atoms with Gasteiger partial charge < -0.3 is 20.3 Å². The zero-order valence-corrected chi connectivity index (χ0v) is 10.6. The summed E-state index contributed by atoms with van der Waals surface area (Å²) in [5.74, 6) is 1.16. The van der Waals surface area contributed by atoms with E-state index in [1.54, 1.807) is 25.1 Å².